The molecule has 2 aromatic carbocycles. The number of carbonyl (C=O) groups excluding carboxylic acids is 1. The Morgan fingerprint density at radius 2 is 1.94 bits per heavy atom. The predicted octanol–water partition coefficient (Wildman–Crippen LogP) is 6.57. The summed E-state index contributed by atoms with van der Waals surface area (Å²) in [6, 6.07) is 13.5. The molecule has 4 aromatic rings. The van der Waals surface area contributed by atoms with Gasteiger partial charge in [-0.15, -0.1) is 28.1 Å². The van der Waals surface area contributed by atoms with Crippen molar-refractivity contribution in [1.82, 2.24) is 14.8 Å². The molecule has 0 saturated heterocycles. The Bertz CT molecular complexity index is 1390. The van der Waals surface area contributed by atoms with Gasteiger partial charge in [-0.05, 0) is 12.5 Å². The third kappa shape index (κ3) is 5.43. The third-order valence-electron chi connectivity index (χ3n) is 5.39. The van der Waals surface area contributed by atoms with Crippen molar-refractivity contribution < 1.29 is 14.3 Å². The van der Waals surface area contributed by atoms with Gasteiger partial charge >= 0.3 is 0 Å². The van der Waals surface area contributed by atoms with E-state index < -0.39 is 0 Å². The number of halogens is 1. The van der Waals surface area contributed by atoms with E-state index in [4.69, 9.17) is 21.1 Å². The van der Waals surface area contributed by atoms with Gasteiger partial charge in [0.25, 0.3) is 0 Å². The molecular weight excluding hydrogens is 516 g/mol. The Kier molecular flexibility index (Phi) is 8.35. The van der Waals surface area contributed by atoms with E-state index in [0.717, 1.165) is 22.5 Å². The van der Waals surface area contributed by atoms with E-state index >= 15 is 0 Å². The van der Waals surface area contributed by atoms with Crippen LogP contribution in [0.1, 0.15) is 4.88 Å². The second-order valence-electron chi connectivity index (χ2n) is 7.68. The van der Waals surface area contributed by atoms with Crippen molar-refractivity contribution in [3.05, 3.63) is 70.4 Å². The van der Waals surface area contributed by atoms with E-state index in [1.165, 1.54) is 30.9 Å². The SMILES string of the molecule is C=CCn1c(SCC(=O)Nc2cc(OC)c(Cl)cc2OC)nnc1-c1csc(C)c1-c1ccccc1. The van der Waals surface area contributed by atoms with Crippen LogP contribution in [0, 0.1) is 6.92 Å². The molecule has 2 heterocycles. The number of methoxy groups -OCH3 is 2. The minimum absolute atomic E-state index is 0.123. The number of hydrogen-bond donors (Lipinski definition) is 1. The van der Waals surface area contributed by atoms with Crippen molar-refractivity contribution in [3.63, 3.8) is 0 Å². The molecule has 2 aromatic heterocycles. The number of anilines is 1. The van der Waals surface area contributed by atoms with Gasteiger partial charge in [0.05, 0.1) is 30.7 Å². The third-order valence-corrected chi connectivity index (χ3v) is 7.56. The van der Waals surface area contributed by atoms with Crippen molar-refractivity contribution in [1.29, 1.82) is 0 Å². The molecule has 4 rings (SSSR count). The highest BCUT2D eigenvalue weighted by Crippen LogP contribution is 2.39. The Morgan fingerprint density at radius 1 is 1.19 bits per heavy atom. The van der Waals surface area contributed by atoms with Gasteiger partial charge in [-0.25, -0.2) is 0 Å². The summed E-state index contributed by atoms with van der Waals surface area (Å²) in [5.74, 6) is 1.52. The number of aryl methyl sites for hydroxylation is 1. The number of carbonyl (C=O) groups is 1. The molecule has 10 heteroatoms. The van der Waals surface area contributed by atoms with Crippen LogP contribution in [0.15, 0.2) is 65.7 Å². The van der Waals surface area contributed by atoms with Gasteiger partial charge in [0.1, 0.15) is 11.5 Å². The lowest BCUT2D eigenvalue weighted by atomic mass is 10.0. The minimum Gasteiger partial charge on any atom is -0.495 e. The molecule has 0 bridgehead atoms. The van der Waals surface area contributed by atoms with Gasteiger partial charge in [-0.1, -0.05) is 59.8 Å². The summed E-state index contributed by atoms with van der Waals surface area (Å²) >= 11 is 9.14. The van der Waals surface area contributed by atoms with Gasteiger partial charge in [0, 0.05) is 40.1 Å². The lowest BCUT2D eigenvalue weighted by molar-refractivity contribution is -0.113. The molecule has 0 radical (unpaired) electrons. The van der Waals surface area contributed by atoms with Crippen molar-refractivity contribution in [2.24, 2.45) is 0 Å². The molecule has 0 fully saturated rings. The van der Waals surface area contributed by atoms with Crippen molar-refractivity contribution in [2.45, 2.75) is 18.6 Å². The summed E-state index contributed by atoms with van der Waals surface area (Å²) in [7, 11) is 3.02. The number of hydrogen-bond acceptors (Lipinski definition) is 7. The number of ether oxygens (including phenoxy) is 2. The molecular formula is C26H25ClN4O3S2. The Hall–Kier alpha value is -3.27. The first-order valence-corrected chi connectivity index (χ1v) is 13.2. The zero-order chi connectivity index (χ0) is 25.7. The smallest absolute Gasteiger partial charge is 0.234 e. The number of benzene rings is 2. The zero-order valence-corrected chi connectivity index (χ0v) is 22.5. The maximum atomic E-state index is 12.8. The Morgan fingerprint density at radius 3 is 2.64 bits per heavy atom. The molecule has 0 spiro atoms. The molecule has 0 aliphatic rings. The van der Waals surface area contributed by atoms with E-state index in [2.05, 4.69) is 46.5 Å². The Balaban J connectivity index is 1.57. The van der Waals surface area contributed by atoms with Gasteiger partial charge in [-0.3, -0.25) is 9.36 Å². The fraction of sp³-hybridized carbons (Fsp3) is 0.192. The highest BCUT2D eigenvalue weighted by molar-refractivity contribution is 7.99. The maximum absolute atomic E-state index is 12.8. The number of nitrogens with one attached hydrogen (secondary N) is 1. The zero-order valence-electron chi connectivity index (χ0n) is 20.1. The number of nitrogens with zero attached hydrogens (tertiary/aromatic N) is 3. The van der Waals surface area contributed by atoms with Gasteiger partial charge in [0.2, 0.25) is 5.91 Å². The summed E-state index contributed by atoms with van der Waals surface area (Å²) in [4.78, 5) is 14.0. The molecule has 1 amide bonds. The highest BCUT2D eigenvalue weighted by Gasteiger charge is 2.21. The molecule has 0 saturated carbocycles. The first kappa shape index (κ1) is 25.8. The minimum atomic E-state index is -0.228. The van der Waals surface area contributed by atoms with Crippen LogP contribution in [0.25, 0.3) is 22.5 Å². The monoisotopic (exact) mass is 540 g/mol. The quantitative estimate of drug-likeness (QED) is 0.181. The maximum Gasteiger partial charge on any atom is 0.234 e. The summed E-state index contributed by atoms with van der Waals surface area (Å²) in [6.45, 7) is 6.51. The molecule has 186 valence electrons. The Labute approximate surface area is 223 Å². The average molecular weight is 541 g/mol. The van der Waals surface area contributed by atoms with E-state index in [1.807, 2.05) is 22.8 Å². The largest absolute Gasteiger partial charge is 0.495 e. The molecule has 36 heavy (non-hydrogen) atoms. The predicted molar refractivity (Wildman–Crippen MR) is 148 cm³/mol. The van der Waals surface area contributed by atoms with E-state index in [9.17, 15) is 4.79 Å². The number of rotatable bonds is 10. The van der Waals surface area contributed by atoms with Gasteiger partial charge in [-0.2, -0.15) is 0 Å². The normalized spacial score (nSPS) is 10.8. The van der Waals surface area contributed by atoms with Crippen LogP contribution in [0.3, 0.4) is 0 Å². The van der Waals surface area contributed by atoms with E-state index in [1.54, 1.807) is 29.5 Å². The number of amides is 1. The molecule has 7 nitrogen and oxygen atoms in total. The van der Waals surface area contributed by atoms with Crippen LogP contribution < -0.4 is 14.8 Å². The van der Waals surface area contributed by atoms with Crippen LogP contribution >= 0.6 is 34.7 Å². The summed E-state index contributed by atoms with van der Waals surface area (Å²) in [5, 5.41) is 14.9. The fourth-order valence-electron chi connectivity index (χ4n) is 3.75. The van der Waals surface area contributed by atoms with Crippen molar-refractivity contribution >= 4 is 46.3 Å². The topological polar surface area (TPSA) is 78.3 Å². The summed E-state index contributed by atoms with van der Waals surface area (Å²) in [6.07, 6.45) is 1.79. The number of thioether (sulfide) groups is 1. The van der Waals surface area contributed by atoms with Crippen LogP contribution in [0.2, 0.25) is 5.02 Å². The molecule has 0 aliphatic carbocycles. The second-order valence-corrected chi connectivity index (χ2v) is 10.1. The number of aromatic nitrogens is 3. The fourth-order valence-corrected chi connectivity index (χ4v) is 5.59. The average Bonchev–Trinajstić information content (AvgIpc) is 3.46. The van der Waals surface area contributed by atoms with Crippen molar-refractivity contribution in [3.8, 4) is 34.0 Å². The lowest BCUT2D eigenvalue weighted by Gasteiger charge is -2.13. The van der Waals surface area contributed by atoms with Gasteiger partial charge in [0.15, 0.2) is 11.0 Å². The van der Waals surface area contributed by atoms with E-state index in [-0.39, 0.29) is 11.7 Å². The standard InChI is InChI=1S/C26H25ClN4O3S2/c1-5-11-31-25(18-14-35-16(2)24(18)17-9-7-6-8-10-17)29-30-26(31)36-15-23(32)28-20-13-21(33-3)19(27)12-22(20)34-4/h5-10,12-14H,1,11,15H2,2-4H3,(H,28,32). The molecule has 0 atom stereocenters. The molecule has 1 N–H and O–H groups in total. The lowest BCUT2D eigenvalue weighted by Crippen LogP contribution is -2.15. The molecule has 0 unspecified atom stereocenters. The second kappa shape index (κ2) is 11.6. The summed E-state index contributed by atoms with van der Waals surface area (Å²) < 4.78 is 12.6. The van der Waals surface area contributed by atoms with Crippen molar-refractivity contribution in [2.75, 3.05) is 25.3 Å². The number of allylic oxidation sites excluding steroid dienone is 1. The van der Waals surface area contributed by atoms with Crippen LogP contribution in [0.5, 0.6) is 11.5 Å². The first-order valence-electron chi connectivity index (χ1n) is 11.0. The van der Waals surface area contributed by atoms with Crippen LogP contribution in [0.4, 0.5) is 5.69 Å². The van der Waals surface area contributed by atoms with Crippen LogP contribution in [-0.2, 0) is 11.3 Å². The van der Waals surface area contributed by atoms with E-state index in [0.29, 0.717) is 33.9 Å². The number of thiophene rings is 1. The highest BCUT2D eigenvalue weighted by atomic mass is 35.5. The first-order chi connectivity index (χ1) is 17.5. The molecule has 0 aliphatic heterocycles. The van der Waals surface area contributed by atoms with Gasteiger partial charge < -0.3 is 14.8 Å². The van der Waals surface area contributed by atoms with Crippen LogP contribution in [-0.4, -0.2) is 40.6 Å². The summed E-state index contributed by atoms with van der Waals surface area (Å²) in [5.41, 5.74) is 3.74.